The lowest BCUT2D eigenvalue weighted by molar-refractivity contribution is -0.116. The summed E-state index contributed by atoms with van der Waals surface area (Å²) >= 11 is 1.30. The first-order valence-corrected chi connectivity index (χ1v) is 12.5. The molecule has 5 rings (SSSR count). The summed E-state index contributed by atoms with van der Waals surface area (Å²) in [6.45, 7) is 3.76. The van der Waals surface area contributed by atoms with Gasteiger partial charge in [-0.2, -0.15) is 4.52 Å². The number of hydrogen-bond donors (Lipinski definition) is 1. The minimum atomic E-state index is -3.79. The van der Waals surface area contributed by atoms with Gasteiger partial charge in [-0.25, -0.2) is 23.5 Å². The lowest BCUT2D eigenvalue weighted by Crippen LogP contribution is -2.37. The fourth-order valence-electron chi connectivity index (χ4n) is 4.09. The Morgan fingerprint density at radius 3 is 2.78 bits per heavy atom. The molecule has 2 N–H and O–H groups in total. The number of sulfonamides is 1. The van der Waals surface area contributed by atoms with Crippen molar-refractivity contribution in [2.75, 3.05) is 10.7 Å². The van der Waals surface area contributed by atoms with Crippen molar-refractivity contribution in [1.29, 1.82) is 0 Å². The Bertz CT molecular complexity index is 1500. The van der Waals surface area contributed by atoms with E-state index in [9.17, 15) is 13.2 Å². The van der Waals surface area contributed by atoms with E-state index in [1.807, 2.05) is 38.1 Å². The number of amides is 1. The van der Waals surface area contributed by atoms with Crippen LogP contribution in [0.3, 0.4) is 0 Å². The molecular formula is C21H20N6O3S2. The van der Waals surface area contributed by atoms with Gasteiger partial charge >= 0.3 is 0 Å². The molecule has 0 saturated carbocycles. The summed E-state index contributed by atoms with van der Waals surface area (Å²) in [5, 5.41) is 11.2. The lowest BCUT2D eigenvalue weighted by atomic mass is 10.1. The van der Waals surface area contributed by atoms with Gasteiger partial charge < -0.3 is 4.90 Å². The highest BCUT2D eigenvalue weighted by molar-refractivity contribution is 7.99. The normalized spacial score (nSPS) is 16.1. The molecule has 1 aliphatic rings. The first-order chi connectivity index (χ1) is 15.2. The second-order valence-electron chi connectivity index (χ2n) is 7.75. The smallest absolute Gasteiger partial charge is 0.238 e. The number of benzene rings is 2. The second kappa shape index (κ2) is 7.54. The van der Waals surface area contributed by atoms with Crippen LogP contribution in [0.15, 0.2) is 52.5 Å². The number of anilines is 1. The van der Waals surface area contributed by atoms with Crippen LogP contribution in [0.4, 0.5) is 5.69 Å². The highest BCUT2D eigenvalue weighted by Crippen LogP contribution is 2.34. The van der Waals surface area contributed by atoms with E-state index in [0.717, 1.165) is 16.5 Å². The summed E-state index contributed by atoms with van der Waals surface area (Å²) in [5.41, 5.74) is 3.00. The van der Waals surface area contributed by atoms with Crippen molar-refractivity contribution in [1.82, 2.24) is 19.6 Å². The Balaban J connectivity index is 1.44. The summed E-state index contributed by atoms with van der Waals surface area (Å²) in [7, 11) is -3.79. The molecule has 32 heavy (non-hydrogen) atoms. The van der Waals surface area contributed by atoms with Gasteiger partial charge in [0.05, 0.1) is 16.2 Å². The molecule has 0 bridgehead atoms. The molecule has 0 radical (unpaired) electrons. The zero-order chi connectivity index (χ0) is 22.6. The summed E-state index contributed by atoms with van der Waals surface area (Å²) < 4.78 is 25.0. The largest absolute Gasteiger partial charge is 0.308 e. The van der Waals surface area contributed by atoms with E-state index >= 15 is 0 Å². The quantitative estimate of drug-likeness (QED) is 0.360. The van der Waals surface area contributed by atoms with Crippen molar-refractivity contribution >= 4 is 49.9 Å². The topological polar surface area (TPSA) is 124 Å². The summed E-state index contributed by atoms with van der Waals surface area (Å²) in [6, 6.07) is 12.2. The number of rotatable bonds is 4. The first-order valence-electron chi connectivity index (χ1n) is 9.95. The number of nitrogens with two attached hydrogens (primary N) is 1. The van der Waals surface area contributed by atoms with Crippen LogP contribution in [-0.4, -0.2) is 45.7 Å². The molecule has 1 amide bonds. The van der Waals surface area contributed by atoms with E-state index in [1.165, 1.54) is 17.8 Å². The maximum Gasteiger partial charge on any atom is 0.238 e. The number of fused-ring (bicyclic) bond motifs is 4. The minimum Gasteiger partial charge on any atom is -0.308 e. The van der Waals surface area contributed by atoms with Crippen LogP contribution in [0.25, 0.3) is 16.6 Å². The van der Waals surface area contributed by atoms with E-state index < -0.39 is 10.0 Å². The number of hydrogen-bond acceptors (Lipinski definition) is 7. The van der Waals surface area contributed by atoms with Gasteiger partial charge in [0.1, 0.15) is 5.82 Å². The average Bonchev–Trinajstić information content (AvgIpc) is 3.29. The number of para-hydroxylation sites is 1. The van der Waals surface area contributed by atoms with Crippen molar-refractivity contribution in [2.45, 2.75) is 36.4 Å². The Kier molecular flexibility index (Phi) is 4.91. The molecule has 11 heteroatoms. The lowest BCUT2D eigenvalue weighted by Gasteiger charge is -2.22. The Hall–Kier alpha value is -3.02. The van der Waals surface area contributed by atoms with Gasteiger partial charge in [-0.1, -0.05) is 23.9 Å². The highest BCUT2D eigenvalue weighted by atomic mass is 32.2. The molecule has 9 nitrogen and oxygen atoms in total. The van der Waals surface area contributed by atoms with Crippen molar-refractivity contribution in [3.63, 3.8) is 0 Å². The Morgan fingerprint density at radius 2 is 2.00 bits per heavy atom. The Labute approximate surface area is 188 Å². The number of nitrogens with zero attached hydrogens (tertiary/aromatic N) is 5. The molecule has 164 valence electrons. The standard InChI is InChI=1S/C21H20N6O3S2/c1-12-9-14-10-15(32(22,29)30)7-8-18(14)26(12)19(28)11-31-21-24-17-6-4-3-5-16(17)20-23-13(2)25-27(20)21/h3-8,10,12H,9,11H2,1-2H3,(H2,22,29,30). The van der Waals surface area contributed by atoms with Crippen LogP contribution in [0.5, 0.6) is 0 Å². The Morgan fingerprint density at radius 1 is 1.22 bits per heavy atom. The fraction of sp³-hybridized carbons (Fsp3) is 0.238. The van der Waals surface area contributed by atoms with Crippen LogP contribution < -0.4 is 10.0 Å². The van der Waals surface area contributed by atoms with Crippen molar-refractivity contribution in [3.8, 4) is 0 Å². The number of aryl methyl sites for hydroxylation is 1. The van der Waals surface area contributed by atoms with Crippen LogP contribution in [-0.2, 0) is 21.2 Å². The molecule has 1 aliphatic heterocycles. The zero-order valence-electron chi connectivity index (χ0n) is 17.4. The molecule has 0 spiro atoms. The minimum absolute atomic E-state index is 0.0523. The number of carbonyl (C=O) groups is 1. The fourth-order valence-corrected chi connectivity index (χ4v) is 5.46. The van der Waals surface area contributed by atoms with Gasteiger partial charge in [0.25, 0.3) is 0 Å². The van der Waals surface area contributed by atoms with Crippen molar-refractivity contribution in [2.24, 2.45) is 5.14 Å². The van der Waals surface area contributed by atoms with Crippen molar-refractivity contribution < 1.29 is 13.2 Å². The van der Waals surface area contributed by atoms with Crippen LogP contribution >= 0.6 is 11.8 Å². The SMILES string of the molecule is Cc1nc2c3ccccc3nc(SCC(=O)N3c4ccc(S(N)(=O)=O)cc4CC3C)n2n1. The highest BCUT2D eigenvalue weighted by Gasteiger charge is 2.32. The van der Waals surface area contributed by atoms with E-state index in [-0.39, 0.29) is 22.6 Å². The monoisotopic (exact) mass is 468 g/mol. The molecule has 0 fully saturated rings. The van der Waals surface area contributed by atoms with E-state index in [1.54, 1.807) is 21.5 Å². The molecule has 0 saturated heterocycles. The number of primary sulfonamides is 1. The average molecular weight is 469 g/mol. The van der Waals surface area contributed by atoms with Crippen LogP contribution in [0.1, 0.15) is 18.3 Å². The third kappa shape index (κ3) is 3.51. The third-order valence-electron chi connectivity index (χ3n) is 5.44. The number of thioether (sulfide) groups is 1. The second-order valence-corrected chi connectivity index (χ2v) is 10.3. The summed E-state index contributed by atoms with van der Waals surface area (Å²) in [6.07, 6.45) is 0.565. The number of aromatic nitrogens is 4. The summed E-state index contributed by atoms with van der Waals surface area (Å²) in [5.74, 6) is 0.689. The molecular weight excluding hydrogens is 448 g/mol. The predicted octanol–water partition coefficient (Wildman–Crippen LogP) is 2.30. The van der Waals surface area contributed by atoms with Crippen LogP contribution in [0, 0.1) is 6.92 Å². The van der Waals surface area contributed by atoms with Crippen molar-refractivity contribution in [3.05, 3.63) is 53.9 Å². The van der Waals surface area contributed by atoms with Gasteiger partial charge in [0.15, 0.2) is 10.8 Å². The molecule has 2 aromatic heterocycles. The van der Waals surface area contributed by atoms with Gasteiger partial charge in [0.2, 0.25) is 15.9 Å². The maximum absolute atomic E-state index is 13.2. The van der Waals surface area contributed by atoms with E-state index in [0.29, 0.717) is 28.7 Å². The van der Waals surface area contributed by atoms with Crippen LogP contribution in [0.2, 0.25) is 0 Å². The number of carbonyl (C=O) groups excluding carboxylic acids is 1. The molecule has 1 unspecified atom stereocenters. The predicted molar refractivity (Wildman–Crippen MR) is 122 cm³/mol. The van der Waals surface area contributed by atoms with Gasteiger partial charge in [-0.15, -0.1) is 5.10 Å². The molecule has 3 heterocycles. The van der Waals surface area contributed by atoms with Gasteiger partial charge in [-0.05, 0) is 56.2 Å². The van der Waals surface area contributed by atoms with E-state index in [4.69, 9.17) is 5.14 Å². The summed E-state index contributed by atoms with van der Waals surface area (Å²) in [4.78, 5) is 24.1. The molecule has 1 atom stereocenters. The first kappa shape index (κ1) is 20.9. The zero-order valence-corrected chi connectivity index (χ0v) is 19.0. The molecule has 4 aromatic rings. The van der Waals surface area contributed by atoms with Gasteiger partial charge in [0, 0.05) is 17.1 Å². The molecule has 0 aliphatic carbocycles. The molecule has 2 aromatic carbocycles. The third-order valence-corrected chi connectivity index (χ3v) is 7.27. The van der Waals surface area contributed by atoms with E-state index in [2.05, 4.69) is 15.1 Å². The maximum atomic E-state index is 13.2. The van der Waals surface area contributed by atoms with Gasteiger partial charge in [-0.3, -0.25) is 4.79 Å².